The fraction of sp³-hybridized carbons (Fsp3) is 0.227. The van der Waals surface area contributed by atoms with Gasteiger partial charge in [-0.15, -0.1) is 11.8 Å². The van der Waals surface area contributed by atoms with E-state index in [1.165, 1.54) is 28.6 Å². The fourth-order valence-electron chi connectivity index (χ4n) is 2.86. The van der Waals surface area contributed by atoms with Crippen LogP contribution in [0.2, 0.25) is 10.0 Å². The van der Waals surface area contributed by atoms with Gasteiger partial charge in [-0.2, -0.15) is 4.98 Å². The lowest BCUT2D eigenvalue weighted by molar-refractivity contribution is -0.115. The number of benzene rings is 1. The number of aliphatic hydroxyl groups is 1. The molecule has 0 radical (unpaired) electrons. The van der Waals surface area contributed by atoms with Gasteiger partial charge in [0.1, 0.15) is 23.2 Å². The Labute approximate surface area is 220 Å². The Kier molecular flexibility index (Phi) is 10.1. The van der Waals surface area contributed by atoms with Crippen LogP contribution in [-0.2, 0) is 9.53 Å². The molecule has 0 spiro atoms. The van der Waals surface area contributed by atoms with Gasteiger partial charge in [0.2, 0.25) is 5.91 Å². The van der Waals surface area contributed by atoms with Crippen molar-refractivity contribution >= 4 is 58.3 Å². The second-order valence-electron chi connectivity index (χ2n) is 7.15. The van der Waals surface area contributed by atoms with Gasteiger partial charge in [-0.25, -0.2) is 4.79 Å². The van der Waals surface area contributed by atoms with E-state index in [0.29, 0.717) is 21.5 Å². The van der Waals surface area contributed by atoms with Crippen LogP contribution in [0.25, 0.3) is 0 Å². The van der Waals surface area contributed by atoms with Crippen molar-refractivity contribution in [3.8, 4) is 0 Å². The van der Waals surface area contributed by atoms with Crippen LogP contribution in [0.3, 0.4) is 0 Å². The highest BCUT2D eigenvalue weighted by Gasteiger charge is 2.27. The summed E-state index contributed by atoms with van der Waals surface area (Å²) in [4.78, 5) is 42.4. The summed E-state index contributed by atoms with van der Waals surface area (Å²) in [6.07, 6.45) is 2.69. The third-order valence-corrected chi connectivity index (χ3v) is 6.21. The zero-order valence-electron chi connectivity index (χ0n) is 18.6. The van der Waals surface area contributed by atoms with E-state index >= 15 is 0 Å². The van der Waals surface area contributed by atoms with Crippen molar-refractivity contribution in [3.05, 3.63) is 81.1 Å². The van der Waals surface area contributed by atoms with Crippen molar-refractivity contribution in [2.45, 2.75) is 11.7 Å². The molecule has 5 N–H and O–H groups in total. The van der Waals surface area contributed by atoms with Crippen LogP contribution in [0.4, 0.5) is 11.5 Å². The lowest BCUT2D eigenvalue weighted by Crippen LogP contribution is -2.33. The van der Waals surface area contributed by atoms with E-state index in [0.717, 1.165) is 0 Å². The Morgan fingerprint density at radius 3 is 2.69 bits per heavy atom. The first kappa shape index (κ1) is 27.4. The molecule has 0 aliphatic carbocycles. The van der Waals surface area contributed by atoms with Crippen LogP contribution >= 0.6 is 35.0 Å². The number of pyridine rings is 1. The molecule has 1 aliphatic heterocycles. The summed E-state index contributed by atoms with van der Waals surface area (Å²) in [5.74, 6) is -0.00596. The van der Waals surface area contributed by atoms with E-state index < -0.39 is 17.5 Å². The number of thioether (sulfide) groups is 1. The second-order valence-corrected chi connectivity index (χ2v) is 9.18. The minimum absolute atomic E-state index is 0.0572. The molecule has 2 amide bonds. The summed E-state index contributed by atoms with van der Waals surface area (Å²) in [6.45, 7) is -0.243. The molecule has 36 heavy (non-hydrogen) atoms. The number of aromatic nitrogens is 3. The third-order valence-electron chi connectivity index (χ3n) is 4.56. The SMILES string of the molecule is Nc1ccn([C@H]2CS[C@@H](CO)O2)c(=O)n1.O=C(CNC(=O)c1ccccn1)Nc1ccc(Cl)cc1Cl. The molecule has 4 rings (SSSR count). The standard InChI is InChI=1S/C14H11Cl2N3O2.C8H11N3O3S/c15-9-4-5-11(10(16)7-9)19-13(20)8-18-14(21)12-3-1-2-6-17-12;9-5-1-2-11(8(13)10-5)6-4-15-7(3-12)14-6/h1-7H,8H2,(H,18,21)(H,19,20);1-2,6-7,12H,3-4H2,(H2,9,10,13)/t;6-,7+/m.1/s1. The van der Waals surface area contributed by atoms with Crippen molar-refractivity contribution in [1.82, 2.24) is 19.9 Å². The maximum Gasteiger partial charge on any atom is 0.351 e. The van der Waals surface area contributed by atoms with E-state index in [9.17, 15) is 14.4 Å². The lowest BCUT2D eigenvalue weighted by atomic mass is 10.3. The number of carbonyl (C=O) groups is 2. The number of amides is 2. The number of nitrogen functional groups attached to an aromatic ring is 1. The molecular formula is C22H22Cl2N6O5S. The normalized spacial score (nSPS) is 16.5. The first-order valence-electron chi connectivity index (χ1n) is 10.4. The molecule has 14 heteroatoms. The van der Waals surface area contributed by atoms with E-state index in [2.05, 4.69) is 20.6 Å². The van der Waals surface area contributed by atoms with E-state index in [1.54, 1.807) is 42.6 Å². The highest BCUT2D eigenvalue weighted by Crippen LogP contribution is 2.30. The van der Waals surface area contributed by atoms with Gasteiger partial charge in [0.05, 0.1) is 23.9 Å². The number of halogens is 2. The van der Waals surface area contributed by atoms with Crippen LogP contribution in [0.15, 0.2) is 59.7 Å². The zero-order chi connectivity index (χ0) is 26.1. The Bertz CT molecular complexity index is 1260. The fourth-order valence-corrected chi connectivity index (χ4v) is 4.25. The van der Waals surface area contributed by atoms with E-state index in [4.69, 9.17) is 38.8 Å². The van der Waals surface area contributed by atoms with Crippen LogP contribution in [-0.4, -0.2) is 55.8 Å². The molecule has 2 aromatic heterocycles. The maximum absolute atomic E-state index is 11.7. The monoisotopic (exact) mass is 552 g/mol. The number of hydrogen-bond acceptors (Lipinski definition) is 9. The number of anilines is 2. The molecule has 0 unspecified atom stereocenters. The number of hydrogen-bond donors (Lipinski definition) is 4. The number of rotatable bonds is 6. The summed E-state index contributed by atoms with van der Waals surface area (Å²) in [7, 11) is 0. The Balaban J connectivity index is 0.000000212. The Morgan fingerprint density at radius 1 is 1.25 bits per heavy atom. The van der Waals surface area contributed by atoms with Gasteiger partial charge in [-0.3, -0.25) is 19.1 Å². The quantitative estimate of drug-likeness (QED) is 0.359. The van der Waals surface area contributed by atoms with Gasteiger partial charge >= 0.3 is 5.69 Å². The molecular weight excluding hydrogens is 531 g/mol. The molecule has 3 aromatic rings. The first-order valence-corrected chi connectivity index (χ1v) is 12.2. The van der Waals surface area contributed by atoms with Gasteiger partial charge in [0, 0.05) is 23.2 Å². The number of nitrogens with zero attached hydrogens (tertiary/aromatic N) is 3. The number of ether oxygens (including phenoxy) is 1. The number of carbonyl (C=O) groups excluding carboxylic acids is 2. The Hall–Kier alpha value is -3.16. The van der Waals surface area contributed by atoms with Crippen LogP contribution in [0.5, 0.6) is 0 Å². The molecule has 0 saturated carbocycles. The van der Waals surface area contributed by atoms with Crippen molar-refractivity contribution < 1.29 is 19.4 Å². The molecule has 1 fully saturated rings. The molecule has 11 nitrogen and oxygen atoms in total. The Morgan fingerprint density at radius 2 is 2.06 bits per heavy atom. The van der Waals surface area contributed by atoms with Gasteiger partial charge in [-0.1, -0.05) is 29.3 Å². The summed E-state index contributed by atoms with van der Waals surface area (Å²) in [5.41, 5.74) is 5.35. The van der Waals surface area contributed by atoms with E-state index in [1.807, 2.05) is 0 Å². The molecule has 0 bridgehead atoms. The number of nitrogens with one attached hydrogen (secondary N) is 2. The second kappa shape index (κ2) is 13.2. The summed E-state index contributed by atoms with van der Waals surface area (Å²) < 4.78 is 6.79. The predicted molar refractivity (Wildman–Crippen MR) is 138 cm³/mol. The predicted octanol–water partition coefficient (Wildman–Crippen LogP) is 2.16. The highest BCUT2D eigenvalue weighted by atomic mass is 35.5. The molecule has 2 atom stereocenters. The van der Waals surface area contributed by atoms with Crippen LogP contribution in [0.1, 0.15) is 16.7 Å². The maximum atomic E-state index is 11.7. The van der Waals surface area contributed by atoms with Crippen LogP contribution in [0, 0.1) is 0 Å². The number of aliphatic hydroxyl groups excluding tert-OH is 1. The summed E-state index contributed by atoms with van der Waals surface area (Å²) >= 11 is 13.2. The van der Waals surface area contributed by atoms with Gasteiger partial charge in [-0.05, 0) is 36.4 Å². The number of nitrogens with two attached hydrogens (primary N) is 1. The minimum Gasteiger partial charge on any atom is -0.393 e. The first-order chi connectivity index (χ1) is 17.3. The van der Waals surface area contributed by atoms with Crippen molar-refractivity contribution in [2.75, 3.05) is 30.0 Å². The summed E-state index contributed by atoms with van der Waals surface area (Å²) in [5, 5.41) is 14.7. The molecule has 3 heterocycles. The molecule has 190 valence electrons. The van der Waals surface area contributed by atoms with Gasteiger partial charge in [0.25, 0.3) is 5.91 Å². The molecule has 1 aromatic carbocycles. The minimum atomic E-state index is -0.431. The zero-order valence-corrected chi connectivity index (χ0v) is 21.0. The summed E-state index contributed by atoms with van der Waals surface area (Å²) in [6, 6.07) is 11.2. The average molecular weight is 553 g/mol. The third kappa shape index (κ3) is 7.93. The average Bonchev–Trinajstić information content (AvgIpc) is 3.34. The van der Waals surface area contributed by atoms with Crippen LogP contribution < -0.4 is 22.1 Å². The van der Waals surface area contributed by atoms with Crippen molar-refractivity contribution in [2.24, 2.45) is 0 Å². The topological polar surface area (TPSA) is 161 Å². The van der Waals surface area contributed by atoms with E-state index in [-0.39, 0.29) is 36.3 Å². The lowest BCUT2D eigenvalue weighted by Gasteiger charge is -2.13. The smallest absolute Gasteiger partial charge is 0.351 e. The van der Waals surface area contributed by atoms with Gasteiger partial charge < -0.3 is 26.2 Å². The molecule has 1 saturated heterocycles. The van der Waals surface area contributed by atoms with Crippen molar-refractivity contribution in [3.63, 3.8) is 0 Å². The highest BCUT2D eigenvalue weighted by molar-refractivity contribution is 8.00. The molecule has 1 aliphatic rings. The largest absolute Gasteiger partial charge is 0.393 e. The van der Waals surface area contributed by atoms with Crippen molar-refractivity contribution in [1.29, 1.82) is 0 Å². The van der Waals surface area contributed by atoms with Gasteiger partial charge in [0.15, 0.2) is 0 Å².